The molecule has 2 aliphatic carbocycles. The van der Waals surface area contributed by atoms with Crippen LogP contribution in [0.25, 0.3) is 5.57 Å². The summed E-state index contributed by atoms with van der Waals surface area (Å²) in [6.45, 7) is 2.83. The van der Waals surface area contributed by atoms with Gasteiger partial charge in [-0.25, -0.2) is 9.78 Å². The van der Waals surface area contributed by atoms with E-state index < -0.39 is 0 Å². The molecule has 4 heterocycles. The zero-order chi connectivity index (χ0) is 17.7. The monoisotopic (exact) mass is 368 g/mol. The van der Waals surface area contributed by atoms with Gasteiger partial charge in [0.05, 0.1) is 5.71 Å². The first-order chi connectivity index (χ1) is 12.7. The summed E-state index contributed by atoms with van der Waals surface area (Å²) in [5.41, 5.74) is 3.96. The summed E-state index contributed by atoms with van der Waals surface area (Å²) in [4.78, 5) is 23.0. The minimum atomic E-state index is -0.390. The number of fused-ring (bicyclic) bond motifs is 4. The molecule has 6 rings (SSSR count). The standard InChI is InChI=1S/C19H20N4O2S/c1-11-10-26-18(20-11)13-4-7-16-15(8-13)17(22-21-16)19(24)25-23-9-12-2-5-14(23)6-3-12/h4,8,10,12,14H,2-3,5-7,9H2,1H3. The lowest BCUT2D eigenvalue weighted by Gasteiger charge is -2.43. The van der Waals surface area contributed by atoms with E-state index in [0.29, 0.717) is 24.1 Å². The quantitative estimate of drug-likeness (QED) is 0.821. The number of piperidine rings is 2. The number of rotatable bonds is 3. The number of carbonyl (C=O) groups excluding carboxylic acids is 1. The highest BCUT2D eigenvalue weighted by Gasteiger charge is 2.38. The maximum Gasteiger partial charge on any atom is 0.378 e. The van der Waals surface area contributed by atoms with Gasteiger partial charge in [-0.05, 0) is 44.6 Å². The number of nitrogens with zero attached hydrogens (tertiary/aromatic N) is 4. The van der Waals surface area contributed by atoms with Gasteiger partial charge in [-0.1, -0.05) is 6.08 Å². The summed E-state index contributed by atoms with van der Waals surface area (Å²) in [7, 11) is 0. The van der Waals surface area contributed by atoms with Crippen LogP contribution in [0.5, 0.6) is 0 Å². The van der Waals surface area contributed by atoms with E-state index in [1.807, 2.05) is 23.4 Å². The fraction of sp³-hybridized carbons (Fsp3) is 0.474. The van der Waals surface area contributed by atoms with Gasteiger partial charge in [0.15, 0.2) is 5.71 Å². The van der Waals surface area contributed by atoms with Crippen LogP contribution in [-0.2, 0) is 9.63 Å². The van der Waals surface area contributed by atoms with Crippen molar-refractivity contribution >= 4 is 34.3 Å². The van der Waals surface area contributed by atoms with E-state index >= 15 is 0 Å². The molecule has 6 nitrogen and oxygen atoms in total. The van der Waals surface area contributed by atoms with Crippen LogP contribution in [0.3, 0.4) is 0 Å². The van der Waals surface area contributed by atoms with Crippen molar-refractivity contribution in [1.82, 2.24) is 10.0 Å². The van der Waals surface area contributed by atoms with Crippen LogP contribution in [0.2, 0.25) is 0 Å². The van der Waals surface area contributed by atoms with Crippen molar-refractivity contribution in [3.63, 3.8) is 0 Å². The van der Waals surface area contributed by atoms with Gasteiger partial charge in [-0.15, -0.1) is 21.5 Å². The van der Waals surface area contributed by atoms with Crippen LogP contribution < -0.4 is 0 Å². The molecule has 1 aromatic rings. The fourth-order valence-corrected chi connectivity index (χ4v) is 4.96. The first-order valence-electron chi connectivity index (χ1n) is 9.16. The van der Waals surface area contributed by atoms with E-state index in [4.69, 9.17) is 4.84 Å². The summed E-state index contributed by atoms with van der Waals surface area (Å²) >= 11 is 1.61. The molecular formula is C19H20N4O2S. The van der Waals surface area contributed by atoms with Crippen LogP contribution in [0.4, 0.5) is 0 Å². The molecule has 3 aliphatic heterocycles. The van der Waals surface area contributed by atoms with Crippen molar-refractivity contribution < 1.29 is 9.63 Å². The average molecular weight is 368 g/mol. The van der Waals surface area contributed by atoms with Crippen LogP contribution in [0.15, 0.2) is 33.3 Å². The third-order valence-corrected chi connectivity index (χ3v) is 6.58. The Morgan fingerprint density at radius 1 is 1.27 bits per heavy atom. The molecule has 2 saturated heterocycles. The third-order valence-electron chi connectivity index (χ3n) is 5.57. The van der Waals surface area contributed by atoms with Crippen LogP contribution >= 0.6 is 11.3 Å². The zero-order valence-electron chi connectivity index (χ0n) is 14.6. The Morgan fingerprint density at radius 3 is 2.81 bits per heavy atom. The Morgan fingerprint density at radius 2 is 2.12 bits per heavy atom. The Labute approximate surface area is 155 Å². The Hall–Kier alpha value is -2.12. The van der Waals surface area contributed by atoms with Gasteiger partial charge >= 0.3 is 5.97 Å². The smallest absolute Gasteiger partial charge is 0.362 e. The van der Waals surface area contributed by atoms with E-state index in [1.165, 1.54) is 12.8 Å². The van der Waals surface area contributed by atoms with Crippen molar-refractivity contribution in [2.45, 2.75) is 45.1 Å². The second-order valence-corrected chi connectivity index (χ2v) is 8.22. The molecule has 0 amide bonds. The molecule has 26 heavy (non-hydrogen) atoms. The summed E-state index contributed by atoms with van der Waals surface area (Å²) < 4.78 is 0. The van der Waals surface area contributed by atoms with Crippen molar-refractivity contribution in [2.75, 3.05) is 6.54 Å². The van der Waals surface area contributed by atoms with E-state index in [1.54, 1.807) is 11.3 Å². The Balaban J connectivity index is 1.34. The Bertz CT molecular complexity index is 887. The molecule has 3 fully saturated rings. The Kier molecular flexibility index (Phi) is 3.86. The molecular weight excluding hydrogens is 348 g/mol. The summed E-state index contributed by atoms with van der Waals surface area (Å²) in [6.07, 6.45) is 9.45. The van der Waals surface area contributed by atoms with Gasteiger partial charge in [0.2, 0.25) is 0 Å². The van der Waals surface area contributed by atoms with Gasteiger partial charge < -0.3 is 4.84 Å². The first kappa shape index (κ1) is 16.1. The molecule has 1 saturated carbocycles. The van der Waals surface area contributed by atoms with E-state index in [2.05, 4.69) is 21.3 Å². The van der Waals surface area contributed by atoms with Gasteiger partial charge in [-0.2, -0.15) is 5.10 Å². The lowest BCUT2D eigenvalue weighted by atomic mass is 9.81. The number of aromatic nitrogens is 1. The number of hydroxylamine groups is 2. The lowest BCUT2D eigenvalue weighted by Crippen LogP contribution is -2.49. The van der Waals surface area contributed by atoms with E-state index in [-0.39, 0.29) is 5.97 Å². The maximum absolute atomic E-state index is 12.8. The van der Waals surface area contributed by atoms with Crippen molar-refractivity contribution in [3.05, 3.63) is 33.8 Å². The predicted octanol–water partition coefficient (Wildman–Crippen LogP) is 3.31. The molecule has 0 radical (unpaired) electrons. The highest BCUT2D eigenvalue weighted by atomic mass is 32.1. The SMILES string of the molecule is Cc1csc(C2=CCC3=NN=C(C(=O)ON4CC5CCC4CC5)C3=C2)n1. The number of allylic oxidation sites excluding steroid dienone is 3. The zero-order valence-corrected chi connectivity index (χ0v) is 15.5. The second kappa shape index (κ2) is 6.25. The van der Waals surface area contributed by atoms with E-state index in [0.717, 1.165) is 46.9 Å². The number of hydrogen-bond donors (Lipinski definition) is 0. The van der Waals surface area contributed by atoms with Crippen LogP contribution in [0.1, 0.15) is 42.8 Å². The lowest BCUT2D eigenvalue weighted by molar-refractivity contribution is -0.215. The van der Waals surface area contributed by atoms with Crippen LogP contribution in [0, 0.1) is 12.8 Å². The molecule has 0 atom stereocenters. The number of carbonyl (C=O) groups is 1. The number of thiazole rings is 1. The average Bonchev–Trinajstić information content (AvgIpc) is 3.28. The minimum absolute atomic E-state index is 0.320. The largest absolute Gasteiger partial charge is 0.378 e. The topological polar surface area (TPSA) is 67.2 Å². The van der Waals surface area contributed by atoms with Gasteiger partial charge in [0, 0.05) is 41.2 Å². The summed E-state index contributed by atoms with van der Waals surface area (Å²) in [5.74, 6) is 0.265. The van der Waals surface area contributed by atoms with Crippen molar-refractivity contribution in [1.29, 1.82) is 0 Å². The molecule has 7 heteroatoms. The molecule has 0 spiro atoms. The molecule has 134 valence electrons. The molecule has 1 aromatic heterocycles. The summed E-state index contributed by atoms with van der Waals surface area (Å²) in [6, 6.07) is 0.362. The number of aryl methyl sites for hydroxylation is 1. The normalized spacial score (nSPS) is 27.4. The van der Waals surface area contributed by atoms with Crippen molar-refractivity contribution in [2.24, 2.45) is 16.1 Å². The van der Waals surface area contributed by atoms with E-state index in [9.17, 15) is 4.79 Å². The molecule has 0 N–H and O–H groups in total. The second-order valence-electron chi connectivity index (χ2n) is 7.36. The molecule has 2 bridgehead atoms. The molecule has 0 unspecified atom stereocenters. The highest BCUT2D eigenvalue weighted by Crippen LogP contribution is 2.35. The molecule has 5 aliphatic rings. The minimum Gasteiger partial charge on any atom is -0.362 e. The summed E-state index contributed by atoms with van der Waals surface area (Å²) in [5, 5.41) is 13.2. The van der Waals surface area contributed by atoms with Gasteiger partial charge in [0.25, 0.3) is 0 Å². The van der Waals surface area contributed by atoms with Gasteiger partial charge in [0.1, 0.15) is 5.01 Å². The predicted molar refractivity (Wildman–Crippen MR) is 101 cm³/mol. The van der Waals surface area contributed by atoms with Crippen molar-refractivity contribution in [3.8, 4) is 0 Å². The number of hydrogen-bond acceptors (Lipinski definition) is 7. The van der Waals surface area contributed by atoms with Crippen LogP contribution in [-0.4, -0.2) is 40.0 Å². The molecule has 0 aromatic carbocycles. The third kappa shape index (κ3) is 2.75. The first-order valence-corrected chi connectivity index (χ1v) is 10.0. The fourth-order valence-electron chi connectivity index (χ4n) is 4.15. The van der Waals surface area contributed by atoms with Gasteiger partial charge in [-0.3, -0.25) is 0 Å². The maximum atomic E-state index is 12.8. The highest BCUT2D eigenvalue weighted by molar-refractivity contribution is 7.10.